The second-order valence-electron chi connectivity index (χ2n) is 7.66. The Kier molecular flexibility index (Phi) is 9.18. The van der Waals surface area contributed by atoms with E-state index in [1.54, 1.807) is 36.4 Å². The van der Waals surface area contributed by atoms with Crippen molar-refractivity contribution in [1.29, 1.82) is 0 Å². The zero-order valence-corrected chi connectivity index (χ0v) is 21.4. The number of halogens is 1. The Hall–Kier alpha value is -3.23. The molecule has 0 aromatic heterocycles. The highest BCUT2D eigenvalue weighted by molar-refractivity contribution is 9.10. The topological polar surface area (TPSA) is 79.5 Å². The molecule has 0 radical (unpaired) electrons. The molecule has 0 saturated heterocycles. The lowest BCUT2D eigenvalue weighted by atomic mass is 10.1. The highest BCUT2D eigenvalue weighted by Gasteiger charge is 2.15. The normalized spacial score (nSPS) is 10.3. The van der Waals surface area contributed by atoms with Crippen molar-refractivity contribution in [3.63, 3.8) is 0 Å². The lowest BCUT2D eigenvalue weighted by molar-refractivity contribution is 0.0972. The van der Waals surface area contributed by atoms with Gasteiger partial charge in [0, 0.05) is 21.4 Å². The molecule has 0 saturated carbocycles. The van der Waals surface area contributed by atoms with Crippen LogP contribution in [0.2, 0.25) is 0 Å². The van der Waals surface area contributed by atoms with E-state index in [9.17, 15) is 9.59 Å². The SMILES string of the molecule is CCCCOc1ccc(Br)cc1C(=O)NC(=S)Nc1cccc(C(=O)Nc2cccc(C)c2)c1. The molecule has 0 spiro atoms. The van der Waals surface area contributed by atoms with Crippen molar-refractivity contribution < 1.29 is 14.3 Å². The Balaban J connectivity index is 1.65. The molecule has 3 aromatic rings. The summed E-state index contributed by atoms with van der Waals surface area (Å²) in [6, 6.07) is 19.7. The number of amides is 2. The minimum atomic E-state index is -0.390. The van der Waals surface area contributed by atoms with Crippen LogP contribution in [0.15, 0.2) is 71.2 Å². The van der Waals surface area contributed by atoms with Gasteiger partial charge < -0.3 is 15.4 Å². The van der Waals surface area contributed by atoms with Crippen molar-refractivity contribution in [3.05, 3.63) is 87.9 Å². The van der Waals surface area contributed by atoms with E-state index >= 15 is 0 Å². The van der Waals surface area contributed by atoms with Crippen LogP contribution < -0.4 is 20.7 Å². The number of carbonyl (C=O) groups is 2. The second kappa shape index (κ2) is 12.3. The number of carbonyl (C=O) groups excluding carboxylic acids is 2. The fourth-order valence-corrected chi connectivity index (χ4v) is 3.70. The van der Waals surface area contributed by atoms with Crippen molar-refractivity contribution in [2.75, 3.05) is 17.2 Å². The molecule has 0 unspecified atom stereocenters. The molecule has 8 heteroatoms. The van der Waals surface area contributed by atoms with Crippen LogP contribution in [0.1, 0.15) is 46.0 Å². The van der Waals surface area contributed by atoms with Gasteiger partial charge in [-0.2, -0.15) is 0 Å². The molecule has 176 valence electrons. The summed E-state index contributed by atoms with van der Waals surface area (Å²) in [5, 5.41) is 8.63. The number of thiocarbonyl (C=S) groups is 1. The van der Waals surface area contributed by atoms with Gasteiger partial charge in [0.15, 0.2) is 5.11 Å². The first-order chi connectivity index (χ1) is 16.4. The first-order valence-corrected chi connectivity index (χ1v) is 12.1. The van der Waals surface area contributed by atoms with Gasteiger partial charge >= 0.3 is 0 Å². The molecule has 34 heavy (non-hydrogen) atoms. The van der Waals surface area contributed by atoms with Crippen LogP contribution in [-0.2, 0) is 0 Å². The van der Waals surface area contributed by atoms with Crippen molar-refractivity contribution in [3.8, 4) is 5.75 Å². The zero-order valence-electron chi connectivity index (χ0n) is 19.0. The largest absolute Gasteiger partial charge is 0.493 e. The maximum Gasteiger partial charge on any atom is 0.261 e. The minimum Gasteiger partial charge on any atom is -0.493 e. The van der Waals surface area contributed by atoms with Crippen LogP contribution in [-0.4, -0.2) is 23.5 Å². The van der Waals surface area contributed by atoms with Crippen molar-refractivity contribution in [1.82, 2.24) is 5.32 Å². The maximum absolute atomic E-state index is 12.9. The van der Waals surface area contributed by atoms with Gasteiger partial charge in [-0.1, -0.05) is 47.5 Å². The quantitative estimate of drug-likeness (QED) is 0.230. The number of unbranched alkanes of at least 4 members (excludes halogenated alkanes) is 1. The van der Waals surface area contributed by atoms with Crippen LogP contribution in [0.4, 0.5) is 11.4 Å². The molecule has 0 aliphatic rings. The molecule has 0 atom stereocenters. The molecule has 0 heterocycles. The Bertz CT molecular complexity index is 1200. The third kappa shape index (κ3) is 7.40. The number of anilines is 2. The number of hydrogen-bond donors (Lipinski definition) is 3. The smallest absolute Gasteiger partial charge is 0.261 e. The number of ether oxygens (including phenoxy) is 1. The summed E-state index contributed by atoms with van der Waals surface area (Å²) in [6.45, 7) is 4.56. The molecule has 0 fully saturated rings. The Morgan fingerprint density at radius 2 is 1.68 bits per heavy atom. The van der Waals surface area contributed by atoms with Gasteiger partial charge in [-0.15, -0.1) is 0 Å². The van der Waals surface area contributed by atoms with Crippen LogP contribution in [0.25, 0.3) is 0 Å². The Labute approximate surface area is 213 Å². The predicted molar refractivity (Wildman–Crippen MR) is 144 cm³/mol. The molecular weight excluding hydrogens is 514 g/mol. The van der Waals surface area contributed by atoms with Crippen LogP contribution in [0, 0.1) is 6.92 Å². The molecule has 0 bridgehead atoms. The number of nitrogens with one attached hydrogen (secondary N) is 3. The van der Waals surface area contributed by atoms with E-state index < -0.39 is 5.91 Å². The summed E-state index contributed by atoms with van der Waals surface area (Å²) in [4.78, 5) is 25.5. The zero-order chi connectivity index (χ0) is 24.5. The molecular formula is C26H26BrN3O3S. The number of rotatable bonds is 8. The molecule has 0 aliphatic carbocycles. The average molecular weight is 540 g/mol. The summed E-state index contributed by atoms with van der Waals surface area (Å²) in [7, 11) is 0. The van der Waals surface area contributed by atoms with Crippen molar-refractivity contribution in [2.24, 2.45) is 0 Å². The summed E-state index contributed by atoms with van der Waals surface area (Å²) in [5.74, 6) is -0.141. The van der Waals surface area contributed by atoms with Gasteiger partial charge in [0.2, 0.25) is 0 Å². The third-order valence-corrected chi connectivity index (χ3v) is 5.52. The average Bonchev–Trinajstić information content (AvgIpc) is 2.80. The molecule has 6 nitrogen and oxygen atoms in total. The van der Waals surface area contributed by atoms with Gasteiger partial charge in [0.1, 0.15) is 5.75 Å². The van der Waals surface area contributed by atoms with Crippen LogP contribution >= 0.6 is 28.1 Å². The highest BCUT2D eigenvalue weighted by atomic mass is 79.9. The second-order valence-corrected chi connectivity index (χ2v) is 8.98. The van der Waals surface area contributed by atoms with Gasteiger partial charge in [-0.25, -0.2) is 0 Å². The number of hydrogen-bond acceptors (Lipinski definition) is 4. The molecule has 3 aromatic carbocycles. The number of benzene rings is 3. The van der Waals surface area contributed by atoms with Gasteiger partial charge in [0.25, 0.3) is 11.8 Å². The van der Waals surface area contributed by atoms with E-state index in [2.05, 4.69) is 38.8 Å². The third-order valence-electron chi connectivity index (χ3n) is 4.83. The lowest BCUT2D eigenvalue weighted by Crippen LogP contribution is -2.34. The summed E-state index contributed by atoms with van der Waals surface area (Å²) in [5.41, 5.74) is 3.19. The van der Waals surface area contributed by atoms with Gasteiger partial charge in [-0.3, -0.25) is 14.9 Å². The Morgan fingerprint density at radius 3 is 2.41 bits per heavy atom. The van der Waals surface area contributed by atoms with E-state index in [0.29, 0.717) is 29.2 Å². The van der Waals surface area contributed by atoms with E-state index in [-0.39, 0.29) is 11.0 Å². The summed E-state index contributed by atoms with van der Waals surface area (Å²) >= 11 is 8.72. The summed E-state index contributed by atoms with van der Waals surface area (Å²) in [6.07, 6.45) is 1.89. The van der Waals surface area contributed by atoms with Crippen LogP contribution in [0.3, 0.4) is 0 Å². The fraction of sp³-hybridized carbons (Fsp3) is 0.192. The van der Waals surface area contributed by atoms with Gasteiger partial charge in [-0.05, 0) is 79.7 Å². The first kappa shape index (κ1) is 25.4. The highest BCUT2D eigenvalue weighted by Crippen LogP contribution is 2.24. The Morgan fingerprint density at radius 1 is 0.941 bits per heavy atom. The van der Waals surface area contributed by atoms with Gasteiger partial charge in [0.05, 0.1) is 12.2 Å². The fourth-order valence-electron chi connectivity index (χ4n) is 3.13. The summed E-state index contributed by atoms with van der Waals surface area (Å²) < 4.78 is 6.52. The number of aryl methyl sites for hydroxylation is 1. The van der Waals surface area contributed by atoms with Crippen molar-refractivity contribution >= 4 is 56.4 Å². The van der Waals surface area contributed by atoms with E-state index in [1.807, 2.05) is 37.3 Å². The van der Waals surface area contributed by atoms with E-state index in [1.165, 1.54) is 0 Å². The standard InChI is InChI=1S/C26H26BrN3O3S/c1-3-4-13-33-23-12-11-19(27)16-22(23)25(32)30-26(34)29-21-10-6-8-18(15-21)24(31)28-20-9-5-7-17(2)14-20/h5-12,14-16H,3-4,13H2,1-2H3,(H,28,31)(H2,29,30,32,34). The van der Waals surface area contributed by atoms with Crippen molar-refractivity contribution in [2.45, 2.75) is 26.7 Å². The monoisotopic (exact) mass is 539 g/mol. The van der Waals surface area contributed by atoms with E-state index in [0.717, 1.165) is 28.6 Å². The molecule has 3 rings (SSSR count). The molecule has 2 amide bonds. The van der Waals surface area contributed by atoms with E-state index in [4.69, 9.17) is 17.0 Å². The lowest BCUT2D eigenvalue weighted by Gasteiger charge is -2.14. The molecule has 3 N–H and O–H groups in total. The maximum atomic E-state index is 12.9. The predicted octanol–water partition coefficient (Wildman–Crippen LogP) is 6.32. The van der Waals surface area contributed by atoms with Crippen LogP contribution in [0.5, 0.6) is 5.75 Å². The molecule has 0 aliphatic heterocycles. The minimum absolute atomic E-state index is 0.112. The first-order valence-electron chi connectivity index (χ1n) is 10.9.